The van der Waals surface area contributed by atoms with Gasteiger partial charge in [-0.3, -0.25) is 0 Å². The van der Waals surface area contributed by atoms with Gasteiger partial charge in [0.1, 0.15) is 5.82 Å². The molecule has 1 atom stereocenters. The topological polar surface area (TPSA) is 54.2 Å². The molecule has 3 N–H and O–H groups in total. The van der Waals surface area contributed by atoms with E-state index < -0.39 is 0 Å². The highest BCUT2D eigenvalue weighted by atomic mass is 79.9. The molecule has 0 radical (unpaired) electrons. The van der Waals surface area contributed by atoms with Gasteiger partial charge in [-0.25, -0.2) is 4.98 Å². The van der Waals surface area contributed by atoms with E-state index in [1.165, 1.54) is 19.5 Å². The number of halogens is 1. The lowest BCUT2D eigenvalue weighted by Crippen LogP contribution is -2.22. The van der Waals surface area contributed by atoms with Crippen LogP contribution >= 0.6 is 15.9 Å². The van der Waals surface area contributed by atoms with E-state index in [0.717, 1.165) is 29.3 Å². The van der Waals surface area contributed by atoms with Crippen molar-refractivity contribution in [3.63, 3.8) is 0 Å². The second kappa shape index (κ2) is 5.69. The zero-order chi connectivity index (χ0) is 12.3. The Kier molecular flexibility index (Phi) is 4.23. The van der Waals surface area contributed by atoms with E-state index in [9.17, 15) is 0 Å². The minimum atomic E-state index is 0.681. The first-order chi connectivity index (χ1) is 8.19. The van der Waals surface area contributed by atoms with E-state index >= 15 is 0 Å². The zero-order valence-electron chi connectivity index (χ0n) is 10.1. The second-order valence-electron chi connectivity index (χ2n) is 4.53. The van der Waals surface area contributed by atoms with E-state index in [1.807, 2.05) is 6.07 Å². The average Bonchev–Trinajstić information content (AvgIpc) is 2.76. The van der Waals surface area contributed by atoms with Gasteiger partial charge in [0.15, 0.2) is 0 Å². The van der Waals surface area contributed by atoms with Crippen LogP contribution in [0.1, 0.15) is 13.3 Å². The summed E-state index contributed by atoms with van der Waals surface area (Å²) < 4.78 is 0.933. The van der Waals surface area contributed by atoms with Crippen molar-refractivity contribution in [2.75, 3.05) is 37.2 Å². The fraction of sp³-hybridized carbons (Fsp3) is 0.583. The first-order valence-corrected chi connectivity index (χ1v) is 6.85. The molecular weight excluding hydrogens is 280 g/mol. The number of hydrogen-bond acceptors (Lipinski definition) is 4. The van der Waals surface area contributed by atoms with Gasteiger partial charge in [-0.1, -0.05) is 6.92 Å². The van der Waals surface area contributed by atoms with Gasteiger partial charge in [0, 0.05) is 13.1 Å². The van der Waals surface area contributed by atoms with E-state index in [2.05, 4.69) is 38.1 Å². The molecule has 0 spiro atoms. The SMILES string of the molecule is CCN1CCC(CNc2ncc(N)cc2Br)C1. The molecule has 1 fully saturated rings. The van der Waals surface area contributed by atoms with Crippen molar-refractivity contribution in [2.24, 2.45) is 5.92 Å². The molecule has 94 valence electrons. The quantitative estimate of drug-likeness (QED) is 0.895. The smallest absolute Gasteiger partial charge is 0.140 e. The maximum Gasteiger partial charge on any atom is 0.140 e. The van der Waals surface area contributed by atoms with Gasteiger partial charge in [-0.15, -0.1) is 0 Å². The molecule has 5 heteroatoms. The summed E-state index contributed by atoms with van der Waals surface area (Å²) in [5.74, 6) is 1.61. The first kappa shape index (κ1) is 12.6. The Morgan fingerprint density at radius 2 is 2.47 bits per heavy atom. The Bertz CT molecular complexity index is 383. The third kappa shape index (κ3) is 3.33. The van der Waals surface area contributed by atoms with Crippen molar-refractivity contribution >= 4 is 27.4 Å². The van der Waals surface area contributed by atoms with Crippen LogP contribution in [0.2, 0.25) is 0 Å². The number of nitrogens with zero attached hydrogens (tertiary/aromatic N) is 2. The molecule has 0 bridgehead atoms. The molecule has 1 unspecified atom stereocenters. The van der Waals surface area contributed by atoms with Crippen LogP contribution in [0.25, 0.3) is 0 Å². The average molecular weight is 299 g/mol. The van der Waals surface area contributed by atoms with Crippen LogP contribution in [0.4, 0.5) is 11.5 Å². The molecule has 0 saturated carbocycles. The van der Waals surface area contributed by atoms with Crippen LogP contribution in [-0.2, 0) is 0 Å². The number of aromatic nitrogens is 1. The lowest BCUT2D eigenvalue weighted by Gasteiger charge is -2.14. The normalized spacial score (nSPS) is 20.7. The van der Waals surface area contributed by atoms with E-state index in [0.29, 0.717) is 5.69 Å². The zero-order valence-corrected chi connectivity index (χ0v) is 11.7. The fourth-order valence-corrected chi connectivity index (χ4v) is 2.70. The number of anilines is 2. The molecule has 0 aliphatic carbocycles. The van der Waals surface area contributed by atoms with E-state index in [-0.39, 0.29) is 0 Å². The van der Waals surface area contributed by atoms with Crippen LogP contribution < -0.4 is 11.1 Å². The summed E-state index contributed by atoms with van der Waals surface area (Å²) in [4.78, 5) is 6.77. The summed E-state index contributed by atoms with van der Waals surface area (Å²) in [5.41, 5.74) is 6.34. The van der Waals surface area contributed by atoms with Crippen LogP contribution in [0.3, 0.4) is 0 Å². The van der Waals surface area contributed by atoms with Crippen LogP contribution in [-0.4, -0.2) is 36.1 Å². The largest absolute Gasteiger partial charge is 0.397 e. The van der Waals surface area contributed by atoms with Crippen molar-refractivity contribution in [2.45, 2.75) is 13.3 Å². The second-order valence-corrected chi connectivity index (χ2v) is 5.38. The number of hydrogen-bond donors (Lipinski definition) is 2. The Hall–Kier alpha value is -0.810. The lowest BCUT2D eigenvalue weighted by atomic mass is 10.1. The standard InChI is InChI=1S/C12H19BrN4/c1-2-17-4-3-9(8-17)6-15-12-11(13)5-10(14)7-16-12/h5,7,9H,2-4,6,8,14H2,1H3,(H,15,16). The highest BCUT2D eigenvalue weighted by Crippen LogP contribution is 2.23. The number of nitrogens with two attached hydrogens (primary N) is 1. The summed E-state index contributed by atoms with van der Waals surface area (Å²) >= 11 is 3.47. The van der Waals surface area contributed by atoms with Crippen molar-refractivity contribution < 1.29 is 0 Å². The van der Waals surface area contributed by atoms with Crippen LogP contribution in [0.5, 0.6) is 0 Å². The number of likely N-dealkylation sites (tertiary alicyclic amines) is 1. The molecule has 1 aliphatic rings. The number of pyridine rings is 1. The Morgan fingerprint density at radius 1 is 1.65 bits per heavy atom. The van der Waals surface area contributed by atoms with E-state index in [1.54, 1.807) is 6.20 Å². The number of nitrogen functional groups attached to an aromatic ring is 1. The Balaban J connectivity index is 1.86. The summed E-state index contributed by atoms with van der Waals surface area (Å²) in [6.45, 7) is 6.76. The van der Waals surface area contributed by atoms with Gasteiger partial charge >= 0.3 is 0 Å². The van der Waals surface area contributed by atoms with Crippen molar-refractivity contribution in [3.8, 4) is 0 Å². The predicted octanol–water partition coefficient (Wildman–Crippen LogP) is 2.18. The molecule has 17 heavy (non-hydrogen) atoms. The van der Waals surface area contributed by atoms with Crippen LogP contribution in [0, 0.1) is 5.92 Å². The van der Waals surface area contributed by atoms with Crippen molar-refractivity contribution in [1.82, 2.24) is 9.88 Å². The summed E-state index contributed by atoms with van der Waals surface area (Å²) in [6.07, 6.45) is 2.95. The third-order valence-corrected chi connectivity index (χ3v) is 3.84. The van der Waals surface area contributed by atoms with Crippen molar-refractivity contribution in [1.29, 1.82) is 0 Å². The molecule has 1 aromatic heterocycles. The monoisotopic (exact) mass is 298 g/mol. The van der Waals surface area contributed by atoms with Gasteiger partial charge < -0.3 is 16.0 Å². The number of rotatable bonds is 4. The molecule has 2 rings (SSSR count). The van der Waals surface area contributed by atoms with Gasteiger partial charge in [0.25, 0.3) is 0 Å². The van der Waals surface area contributed by atoms with Crippen molar-refractivity contribution in [3.05, 3.63) is 16.7 Å². The minimum absolute atomic E-state index is 0.681. The molecule has 0 amide bonds. The molecular formula is C12H19BrN4. The highest BCUT2D eigenvalue weighted by molar-refractivity contribution is 9.10. The Labute approximate surface area is 111 Å². The van der Waals surface area contributed by atoms with Gasteiger partial charge in [-0.2, -0.15) is 0 Å². The highest BCUT2D eigenvalue weighted by Gasteiger charge is 2.20. The molecule has 2 heterocycles. The molecule has 1 aliphatic heterocycles. The molecule has 4 nitrogen and oxygen atoms in total. The maximum atomic E-state index is 5.66. The van der Waals surface area contributed by atoms with Gasteiger partial charge in [0.05, 0.1) is 16.4 Å². The predicted molar refractivity (Wildman–Crippen MR) is 75.1 cm³/mol. The van der Waals surface area contributed by atoms with Gasteiger partial charge in [0.2, 0.25) is 0 Å². The Morgan fingerprint density at radius 3 is 3.12 bits per heavy atom. The minimum Gasteiger partial charge on any atom is -0.397 e. The molecule has 0 aromatic carbocycles. The summed E-state index contributed by atoms with van der Waals surface area (Å²) in [6, 6.07) is 1.88. The maximum absolute atomic E-state index is 5.66. The lowest BCUT2D eigenvalue weighted by molar-refractivity contribution is 0.345. The fourth-order valence-electron chi connectivity index (χ4n) is 2.19. The third-order valence-electron chi connectivity index (χ3n) is 3.24. The van der Waals surface area contributed by atoms with Crippen LogP contribution in [0.15, 0.2) is 16.7 Å². The van der Waals surface area contributed by atoms with E-state index in [4.69, 9.17) is 5.73 Å². The first-order valence-electron chi connectivity index (χ1n) is 6.06. The summed E-state index contributed by atoms with van der Waals surface area (Å²) in [5, 5.41) is 3.39. The molecule has 1 aromatic rings. The van der Waals surface area contributed by atoms with Gasteiger partial charge in [-0.05, 0) is 47.4 Å². The molecule has 1 saturated heterocycles. The summed E-state index contributed by atoms with van der Waals surface area (Å²) in [7, 11) is 0. The number of nitrogens with one attached hydrogen (secondary N) is 1.